The lowest BCUT2D eigenvalue weighted by Crippen LogP contribution is -2.31. The first-order valence-electron chi connectivity index (χ1n) is 6.69. The van der Waals surface area contributed by atoms with Gasteiger partial charge in [0.1, 0.15) is 0 Å². The molecule has 1 unspecified atom stereocenters. The van der Waals surface area contributed by atoms with E-state index >= 15 is 0 Å². The second kappa shape index (κ2) is 7.04. The van der Waals surface area contributed by atoms with E-state index in [2.05, 4.69) is 13.8 Å². The van der Waals surface area contributed by atoms with E-state index in [-0.39, 0.29) is 5.91 Å². The third-order valence-corrected chi connectivity index (χ3v) is 3.28. The zero-order chi connectivity index (χ0) is 13.5. The molecule has 3 heteroatoms. The molecular formula is C15H24N2O. The highest BCUT2D eigenvalue weighted by molar-refractivity contribution is 5.76. The number of nitrogens with two attached hydrogens (primary N) is 1. The molecule has 1 aromatic rings. The van der Waals surface area contributed by atoms with Crippen molar-refractivity contribution in [1.82, 2.24) is 4.90 Å². The third-order valence-electron chi connectivity index (χ3n) is 3.28. The van der Waals surface area contributed by atoms with Crippen molar-refractivity contribution in [2.45, 2.75) is 40.2 Å². The summed E-state index contributed by atoms with van der Waals surface area (Å²) in [6, 6.07) is 7.73. The van der Waals surface area contributed by atoms with E-state index in [1.807, 2.05) is 36.1 Å². The molecule has 1 rings (SSSR count). The molecule has 0 aliphatic carbocycles. The molecule has 0 aliphatic heterocycles. The predicted octanol–water partition coefficient (Wildman–Crippen LogP) is 3.05. The van der Waals surface area contributed by atoms with Crippen molar-refractivity contribution >= 4 is 11.6 Å². The van der Waals surface area contributed by atoms with Crippen molar-refractivity contribution < 1.29 is 4.79 Å². The van der Waals surface area contributed by atoms with Gasteiger partial charge in [-0.25, -0.2) is 0 Å². The highest BCUT2D eigenvalue weighted by Gasteiger charge is 2.14. The highest BCUT2D eigenvalue weighted by atomic mass is 16.2. The molecule has 0 bridgehead atoms. The first-order chi connectivity index (χ1) is 8.56. The Kier molecular flexibility index (Phi) is 5.69. The Bertz CT molecular complexity index is 390. The molecule has 2 N–H and O–H groups in total. The number of hydrogen-bond donors (Lipinski definition) is 1. The Hall–Kier alpha value is -1.51. The minimum Gasteiger partial charge on any atom is -0.399 e. The van der Waals surface area contributed by atoms with Gasteiger partial charge in [0.15, 0.2) is 0 Å². The molecule has 0 heterocycles. The number of carbonyl (C=O) groups excluding carboxylic acids is 1. The SMILES string of the molecule is CCC(C)CC(=O)N(CC)Cc1cccc(N)c1. The number of hydrogen-bond acceptors (Lipinski definition) is 2. The summed E-state index contributed by atoms with van der Waals surface area (Å²) in [6.45, 7) is 7.64. The fourth-order valence-corrected chi connectivity index (χ4v) is 1.86. The standard InChI is InChI=1S/C15H24N2O/c1-4-12(3)9-15(18)17(5-2)11-13-7-6-8-14(16)10-13/h6-8,10,12H,4-5,9,11,16H2,1-3H3. The number of anilines is 1. The normalized spacial score (nSPS) is 12.2. The molecule has 0 aliphatic rings. The van der Waals surface area contributed by atoms with Gasteiger partial charge in [-0.1, -0.05) is 32.4 Å². The van der Waals surface area contributed by atoms with Crippen LogP contribution in [-0.2, 0) is 11.3 Å². The van der Waals surface area contributed by atoms with Crippen LogP contribution in [0, 0.1) is 5.92 Å². The van der Waals surface area contributed by atoms with Crippen LogP contribution in [0.1, 0.15) is 39.2 Å². The average molecular weight is 248 g/mol. The Labute approximate surface area is 110 Å². The Morgan fingerprint density at radius 3 is 2.67 bits per heavy atom. The van der Waals surface area contributed by atoms with Crippen molar-refractivity contribution in [2.24, 2.45) is 5.92 Å². The van der Waals surface area contributed by atoms with Gasteiger partial charge in [-0.05, 0) is 30.5 Å². The van der Waals surface area contributed by atoms with Crippen LogP contribution in [0.25, 0.3) is 0 Å². The third kappa shape index (κ3) is 4.40. The van der Waals surface area contributed by atoms with Crippen molar-refractivity contribution in [3.05, 3.63) is 29.8 Å². The van der Waals surface area contributed by atoms with E-state index in [9.17, 15) is 4.79 Å². The van der Waals surface area contributed by atoms with Crippen LogP contribution in [0.15, 0.2) is 24.3 Å². The second-order valence-electron chi connectivity index (χ2n) is 4.87. The number of benzene rings is 1. The van der Waals surface area contributed by atoms with Crippen molar-refractivity contribution in [2.75, 3.05) is 12.3 Å². The molecule has 1 amide bonds. The molecule has 0 aromatic heterocycles. The van der Waals surface area contributed by atoms with Crippen LogP contribution in [0.3, 0.4) is 0 Å². The van der Waals surface area contributed by atoms with Crippen LogP contribution in [-0.4, -0.2) is 17.4 Å². The van der Waals surface area contributed by atoms with Gasteiger partial charge < -0.3 is 10.6 Å². The molecule has 1 aromatic carbocycles. The average Bonchev–Trinajstić information content (AvgIpc) is 2.35. The maximum absolute atomic E-state index is 12.1. The van der Waals surface area contributed by atoms with Gasteiger partial charge in [0.2, 0.25) is 5.91 Å². The molecule has 100 valence electrons. The smallest absolute Gasteiger partial charge is 0.223 e. The van der Waals surface area contributed by atoms with E-state index in [4.69, 9.17) is 5.73 Å². The highest BCUT2D eigenvalue weighted by Crippen LogP contribution is 2.13. The summed E-state index contributed by atoms with van der Waals surface area (Å²) in [7, 11) is 0. The fraction of sp³-hybridized carbons (Fsp3) is 0.533. The summed E-state index contributed by atoms with van der Waals surface area (Å²) in [5, 5.41) is 0. The summed E-state index contributed by atoms with van der Waals surface area (Å²) in [5.41, 5.74) is 7.59. The van der Waals surface area contributed by atoms with Crippen LogP contribution >= 0.6 is 0 Å². The number of nitrogens with zero attached hydrogens (tertiary/aromatic N) is 1. The Morgan fingerprint density at radius 1 is 1.39 bits per heavy atom. The van der Waals surface area contributed by atoms with Gasteiger partial charge in [0.05, 0.1) is 0 Å². The lowest BCUT2D eigenvalue weighted by atomic mass is 10.0. The summed E-state index contributed by atoms with van der Waals surface area (Å²) in [6.07, 6.45) is 1.67. The molecular weight excluding hydrogens is 224 g/mol. The van der Waals surface area contributed by atoms with Crippen molar-refractivity contribution in [3.8, 4) is 0 Å². The lowest BCUT2D eigenvalue weighted by molar-refractivity contribution is -0.132. The van der Waals surface area contributed by atoms with Crippen LogP contribution in [0.2, 0.25) is 0 Å². The minimum atomic E-state index is 0.231. The fourth-order valence-electron chi connectivity index (χ4n) is 1.86. The van der Waals surface area contributed by atoms with Crippen LogP contribution in [0.4, 0.5) is 5.69 Å². The summed E-state index contributed by atoms with van der Waals surface area (Å²) < 4.78 is 0. The minimum absolute atomic E-state index is 0.231. The summed E-state index contributed by atoms with van der Waals surface area (Å²) in [5.74, 6) is 0.682. The number of amides is 1. The molecule has 3 nitrogen and oxygen atoms in total. The Balaban J connectivity index is 2.64. The molecule has 0 saturated carbocycles. The van der Waals surface area contributed by atoms with Crippen LogP contribution < -0.4 is 5.73 Å². The number of carbonyl (C=O) groups is 1. The van der Waals surface area contributed by atoms with Gasteiger partial charge in [0.25, 0.3) is 0 Å². The topological polar surface area (TPSA) is 46.3 Å². The molecule has 18 heavy (non-hydrogen) atoms. The van der Waals surface area contributed by atoms with Gasteiger partial charge in [-0.15, -0.1) is 0 Å². The van der Waals surface area contributed by atoms with Crippen LogP contribution in [0.5, 0.6) is 0 Å². The van der Waals surface area contributed by atoms with E-state index < -0.39 is 0 Å². The monoisotopic (exact) mass is 248 g/mol. The zero-order valence-corrected chi connectivity index (χ0v) is 11.6. The van der Waals surface area contributed by atoms with E-state index in [0.717, 1.165) is 24.2 Å². The molecule has 1 atom stereocenters. The van der Waals surface area contributed by atoms with E-state index in [0.29, 0.717) is 18.9 Å². The Morgan fingerprint density at radius 2 is 2.11 bits per heavy atom. The van der Waals surface area contributed by atoms with Gasteiger partial charge in [0, 0.05) is 25.2 Å². The first kappa shape index (κ1) is 14.6. The molecule has 0 radical (unpaired) electrons. The van der Waals surface area contributed by atoms with Crippen molar-refractivity contribution in [1.29, 1.82) is 0 Å². The molecule has 0 spiro atoms. The van der Waals surface area contributed by atoms with Gasteiger partial charge >= 0.3 is 0 Å². The number of rotatable bonds is 6. The quantitative estimate of drug-likeness (QED) is 0.786. The van der Waals surface area contributed by atoms with Gasteiger partial charge in [-0.3, -0.25) is 4.79 Å². The summed E-state index contributed by atoms with van der Waals surface area (Å²) in [4.78, 5) is 14.0. The predicted molar refractivity (Wildman–Crippen MR) is 76.0 cm³/mol. The maximum Gasteiger partial charge on any atom is 0.223 e. The van der Waals surface area contributed by atoms with E-state index in [1.54, 1.807) is 0 Å². The lowest BCUT2D eigenvalue weighted by Gasteiger charge is -2.22. The molecule has 0 fully saturated rings. The summed E-state index contributed by atoms with van der Waals surface area (Å²) >= 11 is 0. The zero-order valence-electron chi connectivity index (χ0n) is 11.6. The van der Waals surface area contributed by atoms with Gasteiger partial charge in [-0.2, -0.15) is 0 Å². The van der Waals surface area contributed by atoms with Crippen molar-refractivity contribution in [3.63, 3.8) is 0 Å². The first-order valence-corrected chi connectivity index (χ1v) is 6.69. The largest absolute Gasteiger partial charge is 0.399 e. The molecule has 0 saturated heterocycles. The second-order valence-corrected chi connectivity index (χ2v) is 4.87. The maximum atomic E-state index is 12.1. The van der Waals surface area contributed by atoms with E-state index in [1.165, 1.54) is 0 Å². The number of nitrogen functional groups attached to an aromatic ring is 1.